The molecule has 72 valence electrons. The number of hydrogen-bond donors (Lipinski definition) is 1. The lowest BCUT2D eigenvalue weighted by molar-refractivity contribution is 0.0848. The lowest BCUT2D eigenvalue weighted by Crippen LogP contribution is -2.45. The minimum Gasteiger partial charge on any atom is -0.376 e. The van der Waals surface area contributed by atoms with Crippen molar-refractivity contribution in [3.05, 3.63) is 16.6 Å². The van der Waals surface area contributed by atoms with E-state index < -0.39 is 0 Å². The third-order valence-corrected chi connectivity index (χ3v) is 3.77. The van der Waals surface area contributed by atoms with E-state index in [0.717, 1.165) is 18.0 Å². The quantitative estimate of drug-likeness (QED) is 0.779. The van der Waals surface area contributed by atoms with E-state index in [9.17, 15) is 0 Å². The van der Waals surface area contributed by atoms with Crippen LogP contribution < -0.4 is 5.32 Å². The van der Waals surface area contributed by atoms with Crippen molar-refractivity contribution in [1.29, 1.82) is 0 Å². The fourth-order valence-corrected chi connectivity index (χ4v) is 2.85. The van der Waals surface area contributed by atoms with Gasteiger partial charge in [-0.15, -0.1) is 11.3 Å². The van der Waals surface area contributed by atoms with E-state index >= 15 is 0 Å². The molecule has 1 N–H and O–H groups in total. The van der Waals surface area contributed by atoms with Gasteiger partial charge in [0.2, 0.25) is 0 Å². The molecule has 0 saturated carbocycles. The van der Waals surface area contributed by atoms with Crippen molar-refractivity contribution in [3.8, 4) is 0 Å². The number of thiazole rings is 1. The SMILES string of the molecule is CNC1(c2nccs2)CCOC1C. The first-order chi connectivity index (χ1) is 6.29. The summed E-state index contributed by atoms with van der Waals surface area (Å²) in [5, 5.41) is 6.50. The molecule has 2 atom stereocenters. The molecular formula is C9H14N2OS. The summed E-state index contributed by atoms with van der Waals surface area (Å²) in [6.45, 7) is 2.92. The summed E-state index contributed by atoms with van der Waals surface area (Å²) in [6.07, 6.45) is 3.08. The van der Waals surface area contributed by atoms with Crippen LogP contribution in [0, 0.1) is 0 Å². The van der Waals surface area contributed by atoms with Crippen LogP contribution >= 0.6 is 11.3 Å². The molecule has 1 aliphatic rings. The molecule has 13 heavy (non-hydrogen) atoms. The number of nitrogens with zero attached hydrogens (tertiary/aromatic N) is 1. The minimum absolute atomic E-state index is 0.0475. The van der Waals surface area contributed by atoms with E-state index in [1.165, 1.54) is 0 Å². The van der Waals surface area contributed by atoms with Crippen LogP contribution in [0.2, 0.25) is 0 Å². The predicted molar refractivity (Wildman–Crippen MR) is 52.9 cm³/mol. The molecule has 0 aromatic carbocycles. The van der Waals surface area contributed by atoms with Crippen molar-refractivity contribution < 1.29 is 4.74 Å². The molecule has 0 aliphatic carbocycles. The van der Waals surface area contributed by atoms with Crippen molar-refractivity contribution in [2.75, 3.05) is 13.7 Å². The summed E-state index contributed by atoms with van der Waals surface area (Å²) in [6, 6.07) is 0. The molecule has 1 aromatic rings. The van der Waals surface area contributed by atoms with Gasteiger partial charge in [-0.25, -0.2) is 4.98 Å². The highest BCUT2D eigenvalue weighted by Crippen LogP contribution is 2.36. The van der Waals surface area contributed by atoms with Gasteiger partial charge in [0.15, 0.2) is 0 Å². The number of aromatic nitrogens is 1. The van der Waals surface area contributed by atoms with Gasteiger partial charge < -0.3 is 10.1 Å². The van der Waals surface area contributed by atoms with Crippen LogP contribution in [0.4, 0.5) is 0 Å². The van der Waals surface area contributed by atoms with Crippen molar-refractivity contribution >= 4 is 11.3 Å². The van der Waals surface area contributed by atoms with E-state index in [0.29, 0.717) is 0 Å². The van der Waals surface area contributed by atoms with E-state index in [-0.39, 0.29) is 11.6 Å². The zero-order chi connectivity index (χ0) is 9.31. The predicted octanol–water partition coefficient (Wildman–Crippen LogP) is 1.37. The van der Waals surface area contributed by atoms with Crippen LogP contribution in [0.3, 0.4) is 0 Å². The molecule has 0 spiro atoms. The summed E-state index contributed by atoms with van der Waals surface area (Å²) in [4.78, 5) is 4.37. The average molecular weight is 198 g/mol. The van der Waals surface area contributed by atoms with Crippen LogP contribution in [-0.4, -0.2) is 24.7 Å². The highest BCUT2D eigenvalue weighted by molar-refractivity contribution is 7.09. The smallest absolute Gasteiger partial charge is 0.115 e. The number of likely N-dealkylation sites (N-methyl/N-ethyl adjacent to an activating group) is 1. The van der Waals surface area contributed by atoms with Gasteiger partial charge in [0.1, 0.15) is 5.01 Å². The van der Waals surface area contributed by atoms with E-state index in [2.05, 4.69) is 17.2 Å². The highest BCUT2D eigenvalue weighted by atomic mass is 32.1. The van der Waals surface area contributed by atoms with Crippen LogP contribution in [0.5, 0.6) is 0 Å². The van der Waals surface area contributed by atoms with Crippen LogP contribution in [0.15, 0.2) is 11.6 Å². The Morgan fingerprint density at radius 3 is 3.08 bits per heavy atom. The minimum atomic E-state index is -0.0475. The second-order valence-electron chi connectivity index (χ2n) is 3.32. The standard InChI is InChI=1S/C9H14N2OS/c1-7-9(10-2,3-5-12-7)8-11-4-6-13-8/h4,6-7,10H,3,5H2,1-2H3. The Bertz CT molecular complexity index is 275. The van der Waals surface area contributed by atoms with Crippen LogP contribution in [0.25, 0.3) is 0 Å². The Balaban J connectivity index is 2.35. The topological polar surface area (TPSA) is 34.2 Å². The summed E-state index contributed by atoms with van der Waals surface area (Å²) >= 11 is 1.69. The second kappa shape index (κ2) is 3.36. The molecule has 1 fully saturated rings. The van der Waals surface area contributed by atoms with Gasteiger partial charge in [-0.2, -0.15) is 0 Å². The zero-order valence-electron chi connectivity index (χ0n) is 7.91. The fraction of sp³-hybridized carbons (Fsp3) is 0.667. The summed E-state index contributed by atoms with van der Waals surface area (Å²) < 4.78 is 5.59. The van der Waals surface area contributed by atoms with Gasteiger partial charge in [0, 0.05) is 18.2 Å². The van der Waals surface area contributed by atoms with Gasteiger partial charge in [-0.1, -0.05) is 0 Å². The van der Waals surface area contributed by atoms with E-state index in [1.807, 2.05) is 18.6 Å². The zero-order valence-corrected chi connectivity index (χ0v) is 8.73. The van der Waals surface area contributed by atoms with Gasteiger partial charge in [0.25, 0.3) is 0 Å². The second-order valence-corrected chi connectivity index (χ2v) is 4.22. The lowest BCUT2D eigenvalue weighted by Gasteiger charge is -2.29. The van der Waals surface area contributed by atoms with Gasteiger partial charge in [0.05, 0.1) is 11.6 Å². The fourth-order valence-electron chi connectivity index (χ4n) is 1.90. The van der Waals surface area contributed by atoms with Crippen LogP contribution in [-0.2, 0) is 10.3 Å². The molecule has 1 aliphatic heterocycles. The van der Waals surface area contributed by atoms with Crippen molar-refractivity contribution in [3.63, 3.8) is 0 Å². The molecule has 4 heteroatoms. The third kappa shape index (κ3) is 1.29. The first-order valence-corrected chi connectivity index (χ1v) is 5.38. The maximum Gasteiger partial charge on any atom is 0.115 e. The number of hydrogen-bond acceptors (Lipinski definition) is 4. The molecule has 0 amide bonds. The first-order valence-electron chi connectivity index (χ1n) is 4.50. The normalized spacial score (nSPS) is 33.8. The Morgan fingerprint density at radius 1 is 1.77 bits per heavy atom. The number of nitrogens with one attached hydrogen (secondary N) is 1. The molecule has 2 rings (SSSR count). The van der Waals surface area contributed by atoms with Gasteiger partial charge >= 0.3 is 0 Å². The molecule has 2 heterocycles. The Hall–Kier alpha value is -0.450. The molecule has 0 radical (unpaired) electrons. The molecule has 2 unspecified atom stereocenters. The average Bonchev–Trinajstić information content (AvgIpc) is 2.73. The Morgan fingerprint density at radius 2 is 2.62 bits per heavy atom. The Labute approximate surface area is 82.1 Å². The monoisotopic (exact) mass is 198 g/mol. The molecule has 0 bridgehead atoms. The first kappa shape index (κ1) is 9.12. The Kier molecular flexibility index (Phi) is 2.36. The van der Waals surface area contributed by atoms with Gasteiger partial charge in [-0.3, -0.25) is 0 Å². The largest absolute Gasteiger partial charge is 0.376 e. The summed E-state index contributed by atoms with van der Waals surface area (Å²) in [5.41, 5.74) is -0.0475. The van der Waals surface area contributed by atoms with Crippen molar-refractivity contribution in [1.82, 2.24) is 10.3 Å². The maximum absolute atomic E-state index is 5.59. The van der Waals surface area contributed by atoms with E-state index in [1.54, 1.807) is 11.3 Å². The summed E-state index contributed by atoms with van der Waals surface area (Å²) in [7, 11) is 1.98. The molecule has 1 aromatic heterocycles. The molecule has 3 nitrogen and oxygen atoms in total. The maximum atomic E-state index is 5.59. The van der Waals surface area contributed by atoms with Gasteiger partial charge in [-0.05, 0) is 20.4 Å². The van der Waals surface area contributed by atoms with Crippen LogP contribution in [0.1, 0.15) is 18.4 Å². The lowest BCUT2D eigenvalue weighted by atomic mass is 9.93. The number of ether oxygens (including phenoxy) is 1. The number of rotatable bonds is 2. The summed E-state index contributed by atoms with van der Waals surface area (Å²) in [5.74, 6) is 0. The van der Waals surface area contributed by atoms with Crippen molar-refractivity contribution in [2.24, 2.45) is 0 Å². The molecular weight excluding hydrogens is 184 g/mol. The van der Waals surface area contributed by atoms with E-state index in [4.69, 9.17) is 4.74 Å². The van der Waals surface area contributed by atoms with Crippen molar-refractivity contribution in [2.45, 2.75) is 25.0 Å². The molecule has 1 saturated heterocycles. The third-order valence-electron chi connectivity index (χ3n) is 2.82. The highest BCUT2D eigenvalue weighted by Gasteiger charge is 2.43.